The highest BCUT2D eigenvalue weighted by molar-refractivity contribution is 5.80. The van der Waals surface area contributed by atoms with E-state index < -0.39 is 0 Å². The van der Waals surface area contributed by atoms with Crippen molar-refractivity contribution in [3.8, 4) is 0 Å². The van der Waals surface area contributed by atoms with Gasteiger partial charge in [0.25, 0.3) is 0 Å². The molecule has 0 unspecified atom stereocenters. The Morgan fingerprint density at radius 3 is 1.26 bits per heavy atom. The predicted octanol–water partition coefficient (Wildman–Crippen LogP) is 1.79. The molecule has 6 heteroatoms. The van der Waals surface area contributed by atoms with Gasteiger partial charge in [-0.1, -0.05) is 68.1 Å². The van der Waals surface area contributed by atoms with Gasteiger partial charge >= 0.3 is 0 Å². The first kappa shape index (κ1) is 20.6. The fourth-order valence-corrected chi connectivity index (χ4v) is 3.32. The van der Waals surface area contributed by atoms with Gasteiger partial charge in [-0.15, -0.1) is 0 Å². The van der Waals surface area contributed by atoms with E-state index in [4.69, 9.17) is 11.5 Å². The highest BCUT2D eigenvalue weighted by atomic mass is 16.2. The Balaban J connectivity index is 0.000000187. The van der Waals surface area contributed by atoms with Gasteiger partial charge in [0.15, 0.2) is 0 Å². The Bertz CT molecular complexity index is 686. The summed E-state index contributed by atoms with van der Waals surface area (Å²) in [6.45, 7) is 0. The fourth-order valence-electron chi connectivity index (χ4n) is 3.32. The van der Waals surface area contributed by atoms with Crippen molar-refractivity contribution in [2.24, 2.45) is 11.5 Å². The van der Waals surface area contributed by atoms with E-state index in [1.165, 1.54) is 0 Å². The molecular formula is C21H28N4O2. The van der Waals surface area contributed by atoms with Crippen molar-refractivity contribution < 1.29 is 9.59 Å². The van der Waals surface area contributed by atoms with E-state index in [1.807, 2.05) is 60.7 Å². The molecular weight excluding hydrogens is 340 g/mol. The normalized spacial score (nSPS) is 26.3. The molecule has 2 amide bonds. The lowest BCUT2D eigenvalue weighted by atomic mass is 10.0. The molecule has 0 radical (unpaired) electrons. The van der Waals surface area contributed by atoms with Crippen molar-refractivity contribution in [1.82, 2.24) is 10.6 Å². The van der Waals surface area contributed by atoms with Crippen LogP contribution in [0.15, 0.2) is 60.7 Å². The first-order valence-electron chi connectivity index (χ1n) is 8.74. The van der Waals surface area contributed by atoms with Crippen molar-refractivity contribution in [1.29, 1.82) is 0 Å². The largest absolute Gasteiger partial charge is 0.348 e. The van der Waals surface area contributed by atoms with Crippen molar-refractivity contribution in [3.63, 3.8) is 0 Å². The Morgan fingerprint density at radius 1 is 0.667 bits per heavy atom. The summed E-state index contributed by atoms with van der Waals surface area (Å²) in [6.07, 6.45) is 0.860. The Morgan fingerprint density at radius 2 is 1.00 bits per heavy atom. The number of nitrogens with one attached hydrogen (secondary N) is 2. The summed E-state index contributed by atoms with van der Waals surface area (Å²) in [4.78, 5) is 22.1. The highest BCUT2D eigenvalue weighted by Crippen LogP contribution is 2.23. The van der Waals surface area contributed by atoms with Gasteiger partial charge in [-0.25, -0.2) is 0 Å². The number of hydrogen-bond donors (Lipinski definition) is 4. The lowest BCUT2D eigenvalue weighted by Crippen LogP contribution is -2.28. The number of hydrogen-bond acceptors (Lipinski definition) is 4. The minimum absolute atomic E-state index is 0. The third kappa shape index (κ3) is 5.15. The number of carbonyl (C=O) groups excluding carboxylic acids is 2. The van der Waals surface area contributed by atoms with Gasteiger partial charge in [-0.2, -0.15) is 0 Å². The second-order valence-corrected chi connectivity index (χ2v) is 6.65. The number of nitrogens with two attached hydrogens (primary N) is 2. The summed E-state index contributed by atoms with van der Waals surface area (Å²) in [5.74, 6) is 0.0858. The van der Waals surface area contributed by atoms with Crippen LogP contribution in [0.3, 0.4) is 0 Å². The summed E-state index contributed by atoms with van der Waals surface area (Å²) >= 11 is 0. The van der Waals surface area contributed by atoms with Crippen LogP contribution in [0.25, 0.3) is 0 Å². The molecule has 144 valence electrons. The second-order valence-electron chi connectivity index (χ2n) is 6.65. The van der Waals surface area contributed by atoms with Crippen LogP contribution in [0.4, 0.5) is 0 Å². The minimum atomic E-state index is -0.0881. The van der Waals surface area contributed by atoms with Crippen LogP contribution in [0.2, 0.25) is 0 Å². The van der Waals surface area contributed by atoms with E-state index in [2.05, 4.69) is 10.6 Å². The molecule has 27 heavy (non-hydrogen) atoms. The van der Waals surface area contributed by atoms with Crippen LogP contribution < -0.4 is 22.1 Å². The number of carbonyl (C=O) groups is 2. The van der Waals surface area contributed by atoms with Crippen LogP contribution in [-0.2, 0) is 9.59 Å². The summed E-state index contributed by atoms with van der Waals surface area (Å²) in [7, 11) is 0. The summed E-state index contributed by atoms with van der Waals surface area (Å²) < 4.78 is 0. The number of amides is 2. The van der Waals surface area contributed by atoms with Gasteiger partial charge in [0.05, 0.1) is 12.1 Å². The molecule has 2 aliphatic rings. The zero-order valence-corrected chi connectivity index (χ0v) is 14.5. The Hall–Kier alpha value is -2.70. The molecule has 6 nitrogen and oxygen atoms in total. The van der Waals surface area contributed by atoms with Crippen LogP contribution in [0.1, 0.15) is 43.5 Å². The van der Waals surface area contributed by atoms with Gasteiger partial charge in [0.2, 0.25) is 11.8 Å². The van der Waals surface area contributed by atoms with Gasteiger partial charge in [-0.3, -0.25) is 9.59 Å². The van der Waals surface area contributed by atoms with E-state index in [9.17, 15) is 9.59 Å². The lowest BCUT2D eigenvalue weighted by Gasteiger charge is -2.14. The molecule has 0 saturated carbocycles. The minimum Gasteiger partial charge on any atom is -0.348 e. The van der Waals surface area contributed by atoms with Crippen LogP contribution in [-0.4, -0.2) is 23.9 Å². The van der Waals surface area contributed by atoms with Crippen molar-refractivity contribution in [2.45, 2.75) is 44.4 Å². The van der Waals surface area contributed by atoms with Crippen LogP contribution in [0.5, 0.6) is 0 Å². The molecule has 0 aromatic heterocycles. The fraction of sp³-hybridized carbons (Fsp3) is 0.333. The van der Waals surface area contributed by atoms with E-state index >= 15 is 0 Å². The Labute approximate surface area is 160 Å². The van der Waals surface area contributed by atoms with E-state index in [-0.39, 0.29) is 43.4 Å². The molecule has 0 bridgehead atoms. The zero-order valence-electron chi connectivity index (χ0n) is 14.5. The van der Waals surface area contributed by atoms with E-state index in [1.54, 1.807) is 0 Å². The van der Waals surface area contributed by atoms with Gasteiger partial charge in [0, 0.05) is 24.9 Å². The third-order valence-electron chi connectivity index (χ3n) is 4.65. The van der Waals surface area contributed by atoms with Gasteiger partial charge in [-0.05, 0) is 11.1 Å². The van der Waals surface area contributed by atoms with Crippen molar-refractivity contribution in [2.75, 3.05) is 0 Å². The van der Waals surface area contributed by atoms with Crippen molar-refractivity contribution >= 4 is 11.8 Å². The number of benzene rings is 2. The number of rotatable bonds is 2. The molecule has 2 aromatic carbocycles. The first-order valence-corrected chi connectivity index (χ1v) is 8.74. The van der Waals surface area contributed by atoms with Gasteiger partial charge in [0.1, 0.15) is 0 Å². The van der Waals surface area contributed by atoms with Crippen LogP contribution in [0, 0.1) is 0 Å². The molecule has 2 aliphatic heterocycles. The van der Waals surface area contributed by atoms with E-state index in [0.29, 0.717) is 12.8 Å². The third-order valence-corrected chi connectivity index (χ3v) is 4.65. The van der Waals surface area contributed by atoms with Crippen LogP contribution >= 0.6 is 0 Å². The maximum atomic E-state index is 11.0. The van der Waals surface area contributed by atoms with Crippen molar-refractivity contribution in [3.05, 3.63) is 71.8 Å². The molecule has 2 heterocycles. The monoisotopic (exact) mass is 368 g/mol. The first-order chi connectivity index (χ1) is 12.5. The molecule has 0 aliphatic carbocycles. The lowest BCUT2D eigenvalue weighted by molar-refractivity contribution is -0.120. The Kier molecular flexibility index (Phi) is 7.10. The maximum absolute atomic E-state index is 11.0. The van der Waals surface area contributed by atoms with E-state index in [0.717, 1.165) is 11.1 Å². The summed E-state index contributed by atoms with van der Waals surface area (Å²) in [5.41, 5.74) is 13.8. The summed E-state index contributed by atoms with van der Waals surface area (Å²) in [5, 5.41) is 5.71. The second kappa shape index (κ2) is 9.30. The molecule has 2 fully saturated rings. The smallest absolute Gasteiger partial charge is 0.222 e. The molecule has 4 rings (SSSR count). The van der Waals surface area contributed by atoms with Gasteiger partial charge < -0.3 is 22.1 Å². The molecule has 2 aromatic rings. The highest BCUT2D eigenvalue weighted by Gasteiger charge is 2.30. The quantitative estimate of drug-likeness (QED) is 0.648. The average molecular weight is 368 g/mol. The predicted molar refractivity (Wildman–Crippen MR) is 107 cm³/mol. The zero-order chi connectivity index (χ0) is 18.5. The molecule has 2 saturated heterocycles. The molecule has 4 atom stereocenters. The SMILES string of the molecule is C.N[C@@H]1CC(=O)N[C@H]1c1ccccc1.N[C@H]1CC(=O)N[C@@H]1c1ccccc1. The molecule has 0 spiro atoms. The molecule has 6 N–H and O–H groups in total. The standard InChI is InChI=1S/2C10H12N2O.CH4/c2*11-8-6-9(13)12-10(8)7-4-2-1-3-5-7;/h2*1-5,8,10H,6,11H2,(H,12,13);1H4/t2*8-,10+;/m10./s1. The summed E-state index contributed by atoms with van der Waals surface area (Å²) in [6, 6.07) is 19.4. The topological polar surface area (TPSA) is 110 Å². The maximum Gasteiger partial charge on any atom is 0.222 e. The average Bonchev–Trinajstić information content (AvgIpc) is 3.17.